The smallest absolute Gasteiger partial charge is 0.340 e. The number of nitrogens with zero attached hydrogens (tertiary/aromatic N) is 1. The average Bonchev–Trinajstić information content (AvgIpc) is 2.75. The van der Waals surface area contributed by atoms with Crippen molar-refractivity contribution in [2.45, 2.75) is 16.7 Å². The first-order chi connectivity index (χ1) is 14.2. The first-order valence-electron chi connectivity index (χ1n) is 9.05. The summed E-state index contributed by atoms with van der Waals surface area (Å²) in [5.74, 6) is -0.677. The molecule has 2 aromatic carbocycles. The summed E-state index contributed by atoms with van der Waals surface area (Å²) < 4.78 is 64.6. The molecule has 11 heteroatoms. The molecule has 1 aliphatic heterocycles. The molecular weight excluding hydrogens is 432 g/mol. The molecule has 0 aromatic heterocycles. The summed E-state index contributed by atoms with van der Waals surface area (Å²) in [7, 11) is -6.60. The number of hydrogen-bond acceptors (Lipinski definition) is 7. The number of carbonyl (C=O) groups is 1. The Morgan fingerprint density at radius 3 is 2.20 bits per heavy atom. The number of methoxy groups -OCH3 is 1. The van der Waals surface area contributed by atoms with E-state index >= 15 is 0 Å². The Morgan fingerprint density at radius 1 is 1.00 bits per heavy atom. The predicted molar refractivity (Wildman–Crippen MR) is 109 cm³/mol. The van der Waals surface area contributed by atoms with Gasteiger partial charge in [-0.25, -0.2) is 21.6 Å². The van der Waals surface area contributed by atoms with Gasteiger partial charge in [0.25, 0.3) is 10.0 Å². The molecule has 3 rings (SSSR count). The minimum Gasteiger partial charge on any atom is -0.465 e. The summed E-state index contributed by atoms with van der Waals surface area (Å²) >= 11 is 0. The Hall–Kier alpha value is -2.47. The molecule has 1 N–H and O–H groups in total. The van der Waals surface area contributed by atoms with Gasteiger partial charge >= 0.3 is 5.97 Å². The Balaban J connectivity index is 1.89. The minimum atomic E-state index is -4.07. The lowest BCUT2D eigenvalue weighted by Gasteiger charge is -2.26. The van der Waals surface area contributed by atoms with Gasteiger partial charge in [-0.2, -0.15) is 4.31 Å². The Morgan fingerprint density at radius 2 is 1.60 bits per heavy atom. The van der Waals surface area contributed by atoms with Crippen molar-refractivity contribution in [3.63, 3.8) is 0 Å². The van der Waals surface area contributed by atoms with Crippen LogP contribution >= 0.6 is 0 Å². The van der Waals surface area contributed by atoms with Crippen LogP contribution < -0.4 is 4.72 Å². The highest BCUT2D eigenvalue weighted by Crippen LogP contribution is 2.26. The molecule has 1 heterocycles. The number of para-hydroxylation sites is 1. The first kappa shape index (κ1) is 22.2. The molecule has 0 amide bonds. The monoisotopic (exact) mass is 454 g/mol. The summed E-state index contributed by atoms with van der Waals surface area (Å²) in [6, 6.07) is 9.65. The lowest BCUT2D eigenvalue weighted by Crippen LogP contribution is -2.40. The summed E-state index contributed by atoms with van der Waals surface area (Å²) in [4.78, 5) is 11.8. The molecule has 1 fully saturated rings. The molecule has 0 aliphatic carbocycles. The van der Waals surface area contributed by atoms with E-state index in [-0.39, 0.29) is 34.1 Å². The van der Waals surface area contributed by atoms with Crippen molar-refractivity contribution in [2.24, 2.45) is 0 Å². The Bertz CT molecular complexity index is 1140. The van der Waals surface area contributed by atoms with Crippen molar-refractivity contribution in [3.05, 3.63) is 53.6 Å². The number of sulfonamides is 2. The van der Waals surface area contributed by atoms with Crippen LogP contribution in [0, 0.1) is 6.92 Å². The van der Waals surface area contributed by atoms with Crippen LogP contribution in [0.1, 0.15) is 15.9 Å². The third-order valence-electron chi connectivity index (χ3n) is 4.66. The van der Waals surface area contributed by atoms with Gasteiger partial charge < -0.3 is 9.47 Å². The zero-order chi connectivity index (χ0) is 21.9. The third kappa shape index (κ3) is 4.48. The largest absolute Gasteiger partial charge is 0.465 e. The molecule has 0 atom stereocenters. The van der Waals surface area contributed by atoms with Gasteiger partial charge in [-0.15, -0.1) is 0 Å². The van der Waals surface area contributed by atoms with E-state index in [1.54, 1.807) is 19.1 Å². The minimum absolute atomic E-state index is 0.00510. The van der Waals surface area contributed by atoms with Crippen molar-refractivity contribution in [3.8, 4) is 0 Å². The second-order valence-electron chi connectivity index (χ2n) is 6.58. The highest BCUT2D eigenvalue weighted by atomic mass is 32.2. The lowest BCUT2D eigenvalue weighted by molar-refractivity contribution is 0.0602. The fraction of sp³-hybridized carbons (Fsp3) is 0.316. The summed E-state index contributed by atoms with van der Waals surface area (Å²) in [6.07, 6.45) is 0. The first-order valence-corrected chi connectivity index (χ1v) is 12.0. The highest BCUT2D eigenvalue weighted by Gasteiger charge is 2.27. The Kier molecular flexibility index (Phi) is 6.46. The van der Waals surface area contributed by atoms with Crippen molar-refractivity contribution in [2.75, 3.05) is 38.1 Å². The van der Waals surface area contributed by atoms with Crippen LogP contribution in [0.3, 0.4) is 0 Å². The van der Waals surface area contributed by atoms with E-state index in [0.717, 1.165) is 0 Å². The van der Waals surface area contributed by atoms with Crippen LogP contribution in [0.2, 0.25) is 0 Å². The summed E-state index contributed by atoms with van der Waals surface area (Å²) in [6.45, 7) is 2.77. The molecular formula is C19H22N2O7S2. The number of hydrogen-bond donors (Lipinski definition) is 1. The number of esters is 1. The molecule has 162 valence electrons. The van der Waals surface area contributed by atoms with Gasteiger partial charge in [0.2, 0.25) is 10.0 Å². The van der Waals surface area contributed by atoms with E-state index in [4.69, 9.17) is 9.47 Å². The standard InChI is InChI=1S/C19H22N2O7S2/c1-14-4-3-5-17(19(22)27-2)18(14)20-29(23,24)15-6-8-16(9-7-15)30(25,26)21-10-12-28-13-11-21/h3-9,20H,10-13H2,1-2H3. The van der Waals surface area contributed by atoms with Crippen molar-refractivity contribution in [1.29, 1.82) is 0 Å². The zero-order valence-electron chi connectivity index (χ0n) is 16.5. The number of aryl methyl sites for hydroxylation is 1. The van der Waals surface area contributed by atoms with Crippen molar-refractivity contribution >= 4 is 31.7 Å². The highest BCUT2D eigenvalue weighted by molar-refractivity contribution is 7.92. The SMILES string of the molecule is COC(=O)c1cccc(C)c1NS(=O)(=O)c1ccc(S(=O)(=O)N2CCOCC2)cc1. The molecule has 0 unspecified atom stereocenters. The van der Waals surface area contributed by atoms with Gasteiger partial charge in [-0.05, 0) is 42.8 Å². The molecule has 1 saturated heterocycles. The Labute approximate surface area is 175 Å². The third-order valence-corrected chi connectivity index (χ3v) is 7.93. The second kappa shape index (κ2) is 8.72. The average molecular weight is 455 g/mol. The van der Waals surface area contributed by atoms with Gasteiger partial charge in [0.15, 0.2) is 0 Å². The number of rotatable bonds is 6. The molecule has 9 nitrogen and oxygen atoms in total. The number of ether oxygens (including phenoxy) is 2. The van der Waals surface area contributed by atoms with Crippen LogP contribution in [0.5, 0.6) is 0 Å². The van der Waals surface area contributed by atoms with Crippen molar-refractivity contribution in [1.82, 2.24) is 4.31 Å². The number of benzene rings is 2. The van der Waals surface area contributed by atoms with Gasteiger partial charge in [0, 0.05) is 13.1 Å². The number of anilines is 1. The van der Waals surface area contributed by atoms with E-state index in [1.807, 2.05) is 0 Å². The zero-order valence-corrected chi connectivity index (χ0v) is 18.1. The van der Waals surface area contributed by atoms with Gasteiger partial charge in [0.1, 0.15) is 0 Å². The van der Waals surface area contributed by atoms with Crippen LogP contribution in [-0.2, 0) is 29.5 Å². The molecule has 0 radical (unpaired) electrons. The fourth-order valence-corrected chi connectivity index (χ4v) is 5.56. The molecule has 0 spiro atoms. The van der Waals surface area contributed by atoms with Crippen LogP contribution in [0.25, 0.3) is 0 Å². The molecule has 1 aliphatic rings. The van der Waals surface area contributed by atoms with Gasteiger partial charge in [-0.1, -0.05) is 12.1 Å². The fourth-order valence-electron chi connectivity index (χ4n) is 3.00. The number of nitrogens with one attached hydrogen (secondary N) is 1. The predicted octanol–water partition coefficient (Wildman–Crippen LogP) is 1.60. The van der Waals surface area contributed by atoms with E-state index in [9.17, 15) is 21.6 Å². The van der Waals surface area contributed by atoms with Gasteiger partial charge in [-0.3, -0.25) is 4.72 Å². The maximum absolute atomic E-state index is 12.8. The van der Waals surface area contributed by atoms with E-state index in [0.29, 0.717) is 18.8 Å². The summed E-state index contributed by atoms with van der Waals surface area (Å²) in [5, 5.41) is 0. The molecule has 0 bridgehead atoms. The molecule has 2 aromatic rings. The van der Waals surface area contributed by atoms with Gasteiger partial charge in [0.05, 0.1) is 41.4 Å². The topological polar surface area (TPSA) is 119 Å². The second-order valence-corrected chi connectivity index (χ2v) is 10.2. The van der Waals surface area contributed by atoms with E-state index in [2.05, 4.69) is 4.72 Å². The molecule has 0 saturated carbocycles. The summed E-state index contributed by atoms with van der Waals surface area (Å²) in [5.41, 5.74) is 0.718. The molecule has 30 heavy (non-hydrogen) atoms. The van der Waals surface area contributed by atoms with E-state index < -0.39 is 26.0 Å². The maximum Gasteiger partial charge on any atom is 0.340 e. The maximum atomic E-state index is 12.8. The van der Waals surface area contributed by atoms with Crippen LogP contribution in [0.4, 0.5) is 5.69 Å². The number of morpholine rings is 1. The van der Waals surface area contributed by atoms with Crippen LogP contribution in [0.15, 0.2) is 52.3 Å². The quantitative estimate of drug-likeness (QED) is 0.659. The van der Waals surface area contributed by atoms with Crippen molar-refractivity contribution < 1.29 is 31.1 Å². The normalized spacial score (nSPS) is 15.5. The number of carbonyl (C=O) groups excluding carboxylic acids is 1. The van der Waals surface area contributed by atoms with E-state index in [1.165, 1.54) is 41.7 Å². The van der Waals surface area contributed by atoms with Crippen LogP contribution in [-0.4, -0.2) is 60.5 Å². The lowest BCUT2D eigenvalue weighted by atomic mass is 10.1.